The second-order valence-corrected chi connectivity index (χ2v) is 4.34. The quantitative estimate of drug-likeness (QED) is 0.909. The minimum atomic E-state index is -0.791. The summed E-state index contributed by atoms with van der Waals surface area (Å²) in [6.45, 7) is 1.92. The van der Waals surface area contributed by atoms with Crippen LogP contribution in [0.15, 0.2) is 24.4 Å². The molecule has 0 radical (unpaired) electrons. The summed E-state index contributed by atoms with van der Waals surface area (Å²) in [6, 6.07) is 5.58. The topological polar surface area (TPSA) is 50.2 Å². The van der Waals surface area contributed by atoms with Gasteiger partial charge in [-0.25, -0.2) is 0 Å². The number of carboxylic acids is 1. The fourth-order valence-corrected chi connectivity index (χ4v) is 2.00. The maximum absolute atomic E-state index is 10.6. The molecule has 2 aromatic rings. The van der Waals surface area contributed by atoms with Crippen LogP contribution in [-0.4, -0.2) is 16.1 Å². The molecule has 0 aliphatic rings. The van der Waals surface area contributed by atoms with Crippen molar-refractivity contribution in [3.63, 3.8) is 0 Å². The number of hydrogen-bond donors (Lipinski definition) is 1. The number of pyridine rings is 1. The number of benzene rings is 1. The third kappa shape index (κ3) is 2.39. The van der Waals surface area contributed by atoms with Crippen molar-refractivity contribution in [2.24, 2.45) is 0 Å². The number of carboxylic acid groups (broad SMARTS) is 1. The van der Waals surface area contributed by atoms with Crippen LogP contribution in [0.1, 0.15) is 17.5 Å². The van der Waals surface area contributed by atoms with Crippen LogP contribution in [0.25, 0.3) is 10.9 Å². The van der Waals surface area contributed by atoms with Crippen molar-refractivity contribution in [3.05, 3.63) is 40.5 Å². The molecule has 0 fully saturated rings. The van der Waals surface area contributed by atoms with E-state index in [-0.39, 0.29) is 6.42 Å². The van der Waals surface area contributed by atoms with Crippen LogP contribution in [0.2, 0.25) is 5.02 Å². The second kappa shape index (κ2) is 4.72. The fourth-order valence-electron chi connectivity index (χ4n) is 1.85. The number of fused-ring (bicyclic) bond motifs is 1. The van der Waals surface area contributed by atoms with Gasteiger partial charge in [-0.15, -0.1) is 0 Å². The van der Waals surface area contributed by atoms with Gasteiger partial charge in [0, 0.05) is 23.0 Å². The lowest BCUT2D eigenvalue weighted by Crippen LogP contribution is -1.99. The Labute approximate surface area is 104 Å². The molecule has 2 rings (SSSR count). The maximum Gasteiger partial charge on any atom is 0.303 e. The Morgan fingerprint density at radius 1 is 1.41 bits per heavy atom. The summed E-state index contributed by atoms with van der Waals surface area (Å²) in [4.78, 5) is 14.9. The van der Waals surface area contributed by atoms with E-state index in [4.69, 9.17) is 16.7 Å². The van der Waals surface area contributed by atoms with Crippen molar-refractivity contribution in [3.8, 4) is 0 Å². The van der Waals surface area contributed by atoms with Crippen molar-refractivity contribution in [1.29, 1.82) is 0 Å². The first kappa shape index (κ1) is 11.9. The summed E-state index contributed by atoms with van der Waals surface area (Å²) < 4.78 is 0. The first-order valence-electron chi connectivity index (χ1n) is 5.34. The lowest BCUT2D eigenvalue weighted by atomic mass is 10.0. The Hall–Kier alpha value is -1.61. The number of carbonyl (C=O) groups is 1. The molecule has 0 aliphatic carbocycles. The van der Waals surface area contributed by atoms with Crippen LogP contribution in [-0.2, 0) is 11.2 Å². The SMILES string of the molecule is Cc1c(Cl)ccc2c(CCC(=O)O)ccnc12. The van der Waals surface area contributed by atoms with Gasteiger partial charge in [0.15, 0.2) is 0 Å². The van der Waals surface area contributed by atoms with Gasteiger partial charge in [-0.3, -0.25) is 9.78 Å². The smallest absolute Gasteiger partial charge is 0.303 e. The van der Waals surface area contributed by atoms with Crippen LogP contribution in [0.5, 0.6) is 0 Å². The molecule has 0 amide bonds. The minimum Gasteiger partial charge on any atom is -0.481 e. The zero-order valence-corrected chi connectivity index (χ0v) is 10.2. The molecule has 0 bridgehead atoms. The van der Waals surface area contributed by atoms with Crippen LogP contribution >= 0.6 is 11.6 Å². The molecule has 1 N–H and O–H groups in total. The van der Waals surface area contributed by atoms with Crippen molar-refractivity contribution in [2.75, 3.05) is 0 Å². The third-order valence-electron chi connectivity index (χ3n) is 2.80. The van der Waals surface area contributed by atoms with Crippen LogP contribution < -0.4 is 0 Å². The number of rotatable bonds is 3. The highest BCUT2D eigenvalue weighted by Gasteiger charge is 2.08. The molecule has 0 aliphatic heterocycles. The molecule has 88 valence electrons. The number of aliphatic carboxylic acids is 1. The number of nitrogens with zero attached hydrogens (tertiary/aromatic N) is 1. The van der Waals surface area contributed by atoms with Gasteiger partial charge < -0.3 is 5.11 Å². The van der Waals surface area contributed by atoms with Gasteiger partial charge in [-0.2, -0.15) is 0 Å². The van der Waals surface area contributed by atoms with E-state index < -0.39 is 5.97 Å². The largest absolute Gasteiger partial charge is 0.481 e. The molecule has 0 spiro atoms. The van der Waals surface area contributed by atoms with Gasteiger partial charge in [0.25, 0.3) is 0 Å². The van der Waals surface area contributed by atoms with Gasteiger partial charge in [-0.05, 0) is 36.6 Å². The predicted octanol–water partition coefficient (Wildman–Crippen LogP) is 3.21. The van der Waals surface area contributed by atoms with Crippen molar-refractivity contribution in [1.82, 2.24) is 4.98 Å². The summed E-state index contributed by atoms with van der Waals surface area (Å²) in [5.41, 5.74) is 2.78. The van der Waals surface area contributed by atoms with Crippen LogP contribution in [0.4, 0.5) is 0 Å². The molecule has 0 atom stereocenters. The Kier molecular flexibility index (Phi) is 3.29. The average Bonchev–Trinajstić information content (AvgIpc) is 2.31. The second-order valence-electron chi connectivity index (χ2n) is 3.93. The van der Waals surface area contributed by atoms with E-state index in [0.717, 1.165) is 22.0 Å². The van der Waals surface area contributed by atoms with Crippen molar-refractivity contribution < 1.29 is 9.90 Å². The van der Waals surface area contributed by atoms with Gasteiger partial charge in [0.1, 0.15) is 0 Å². The van der Waals surface area contributed by atoms with E-state index in [9.17, 15) is 4.79 Å². The van der Waals surface area contributed by atoms with Gasteiger partial charge >= 0.3 is 5.97 Å². The van der Waals surface area contributed by atoms with E-state index in [1.54, 1.807) is 6.20 Å². The monoisotopic (exact) mass is 249 g/mol. The average molecular weight is 250 g/mol. The normalized spacial score (nSPS) is 10.7. The molecule has 0 unspecified atom stereocenters. The summed E-state index contributed by atoms with van der Waals surface area (Å²) in [6.07, 6.45) is 2.33. The Morgan fingerprint density at radius 3 is 2.88 bits per heavy atom. The Balaban J connectivity index is 2.51. The van der Waals surface area contributed by atoms with E-state index in [1.807, 2.05) is 25.1 Å². The van der Waals surface area contributed by atoms with E-state index >= 15 is 0 Å². The fraction of sp³-hybridized carbons (Fsp3) is 0.231. The molecular formula is C13H12ClNO2. The molecule has 0 saturated heterocycles. The highest BCUT2D eigenvalue weighted by atomic mass is 35.5. The van der Waals surface area contributed by atoms with Gasteiger partial charge in [-0.1, -0.05) is 17.7 Å². The highest BCUT2D eigenvalue weighted by Crippen LogP contribution is 2.26. The standard InChI is InChI=1S/C13H12ClNO2/c1-8-11(14)4-3-10-9(2-5-12(16)17)6-7-15-13(8)10/h3-4,6-7H,2,5H2,1H3,(H,16,17). The summed E-state index contributed by atoms with van der Waals surface area (Å²) in [5.74, 6) is -0.791. The highest BCUT2D eigenvalue weighted by molar-refractivity contribution is 6.32. The number of halogens is 1. The van der Waals surface area contributed by atoms with E-state index in [1.165, 1.54) is 0 Å². The molecule has 1 aromatic heterocycles. The van der Waals surface area contributed by atoms with E-state index in [0.29, 0.717) is 11.4 Å². The molecule has 1 aromatic carbocycles. The van der Waals surface area contributed by atoms with Crippen molar-refractivity contribution >= 4 is 28.5 Å². The van der Waals surface area contributed by atoms with Gasteiger partial charge in [0.05, 0.1) is 5.52 Å². The van der Waals surface area contributed by atoms with Crippen LogP contribution in [0.3, 0.4) is 0 Å². The Bertz CT molecular complexity index is 581. The summed E-state index contributed by atoms with van der Waals surface area (Å²) >= 11 is 6.03. The molecule has 3 nitrogen and oxygen atoms in total. The molecule has 0 saturated carbocycles. The lowest BCUT2D eigenvalue weighted by Gasteiger charge is -2.07. The summed E-state index contributed by atoms with van der Waals surface area (Å²) in [7, 11) is 0. The number of hydrogen-bond acceptors (Lipinski definition) is 2. The first-order valence-corrected chi connectivity index (χ1v) is 5.72. The maximum atomic E-state index is 10.6. The van der Waals surface area contributed by atoms with Crippen LogP contribution in [0, 0.1) is 6.92 Å². The first-order chi connectivity index (χ1) is 8.09. The molecule has 4 heteroatoms. The minimum absolute atomic E-state index is 0.126. The predicted molar refractivity (Wildman–Crippen MR) is 67.4 cm³/mol. The van der Waals surface area contributed by atoms with E-state index in [2.05, 4.69) is 4.98 Å². The van der Waals surface area contributed by atoms with Crippen molar-refractivity contribution in [2.45, 2.75) is 19.8 Å². The lowest BCUT2D eigenvalue weighted by molar-refractivity contribution is -0.136. The Morgan fingerprint density at radius 2 is 2.18 bits per heavy atom. The molecular weight excluding hydrogens is 238 g/mol. The summed E-state index contributed by atoms with van der Waals surface area (Å²) in [5, 5.41) is 10.4. The third-order valence-corrected chi connectivity index (χ3v) is 3.21. The zero-order chi connectivity index (χ0) is 12.4. The number of aryl methyl sites for hydroxylation is 2. The number of aromatic nitrogens is 1. The molecule has 17 heavy (non-hydrogen) atoms. The van der Waals surface area contributed by atoms with Gasteiger partial charge in [0.2, 0.25) is 0 Å². The molecule has 1 heterocycles. The zero-order valence-electron chi connectivity index (χ0n) is 9.40.